The molecular weight excluding hydrogens is 294 g/mol. The first-order valence-corrected chi connectivity index (χ1v) is 6.70. The fraction of sp³-hybridized carbons (Fsp3) is 0.357. The molecule has 2 N–H and O–H groups in total. The summed E-state index contributed by atoms with van der Waals surface area (Å²) in [6.45, 7) is 2.89. The molecule has 0 aliphatic carbocycles. The number of aryl methyl sites for hydroxylation is 1. The van der Waals surface area contributed by atoms with Gasteiger partial charge in [0, 0.05) is 5.56 Å². The molecule has 22 heavy (non-hydrogen) atoms. The highest BCUT2D eigenvalue weighted by atomic mass is 19.3. The zero-order valence-corrected chi connectivity index (χ0v) is 12.2. The molecule has 1 aromatic carbocycles. The van der Waals surface area contributed by atoms with E-state index in [1.54, 1.807) is 12.1 Å². The summed E-state index contributed by atoms with van der Waals surface area (Å²) in [5, 5.41) is 7.94. The van der Waals surface area contributed by atoms with Crippen LogP contribution in [0, 0.1) is 6.92 Å². The summed E-state index contributed by atoms with van der Waals surface area (Å²) in [5.41, 5.74) is 0.243. The first-order valence-electron chi connectivity index (χ1n) is 6.70. The number of ether oxygens (including phenoxy) is 1. The second kappa shape index (κ2) is 6.50. The molecule has 118 valence electrons. The molecule has 0 saturated heterocycles. The summed E-state index contributed by atoms with van der Waals surface area (Å²) < 4.78 is 33.0. The molecule has 0 fully saturated rings. The zero-order chi connectivity index (χ0) is 16.2. The standard InChI is InChI=1S/C14H16F2N4O2/c1-3-22-11-6-4-5-10(7-11)12(21)17-8-14(15,16)13-18-9(2)19-20-13/h4-7H,3,8H2,1-2H3,(H,17,21)(H,18,19,20). The first kappa shape index (κ1) is 15.9. The van der Waals surface area contributed by atoms with Gasteiger partial charge in [0.1, 0.15) is 11.6 Å². The summed E-state index contributed by atoms with van der Waals surface area (Å²) in [5.74, 6) is -3.82. The molecule has 1 amide bonds. The largest absolute Gasteiger partial charge is 0.494 e. The molecule has 0 atom stereocenters. The van der Waals surface area contributed by atoms with Crippen LogP contribution in [-0.2, 0) is 5.92 Å². The fourth-order valence-corrected chi connectivity index (χ4v) is 1.77. The van der Waals surface area contributed by atoms with Gasteiger partial charge in [-0.3, -0.25) is 9.89 Å². The van der Waals surface area contributed by atoms with Crippen molar-refractivity contribution >= 4 is 5.91 Å². The highest BCUT2D eigenvalue weighted by Gasteiger charge is 2.36. The van der Waals surface area contributed by atoms with Crippen LogP contribution < -0.4 is 10.1 Å². The lowest BCUT2D eigenvalue weighted by Gasteiger charge is -2.14. The number of hydrogen-bond acceptors (Lipinski definition) is 4. The SMILES string of the molecule is CCOc1cccc(C(=O)NCC(F)(F)c2n[nH]c(C)n2)c1. The van der Waals surface area contributed by atoms with Crippen molar-refractivity contribution in [2.45, 2.75) is 19.8 Å². The predicted octanol–water partition coefficient (Wildman–Crippen LogP) is 2.03. The average molecular weight is 310 g/mol. The molecular formula is C14H16F2N4O2. The average Bonchev–Trinajstić information content (AvgIpc) is 2.93. The summed E-state index contributed by atoms with van der Waals surface area (Å²) in [4.78, 5) is 15.5. The quantitative estimate of drug-likeness (QED) is 0.855. The van der Waals surface area contributed by atoms with Gasteiger partial charge in [0.25, 0.3) is 5.91 Å². The zero-order valence-electron chi connectivity index (χ0n) is 12.2. The Hall–Kier alpha value is -2.51. The van der Waals surface area contributed by atoms with Crippen LogP contribution >= 0.6 is 0 Å². The van der Waals surface area contributed by atoms with Gasteiger partial charge in [-0.25, -0.2) is 4.98 Å². The molecule has 0 unspecified atom stereocenters. The van der Waals surface area contributed by atoms with Crippen LogP contribution in [0.3, 0.4) is 0 Å². The van der Waals surface area contributed by atoms with Gasteiger partial charge < -0.3 is 10.1 Å². The molecule has 2 aromatic rings. The Balaban J connectivity index is 2.01. The second-order valence-corrected chi connectivity index (χ2v) is 4.59. The van der Waals surface area contributed by atoms with Crippen molar-refractivity contribution in [2.75, 3.05) is 13.2 Å². The van der Waals surface area contributed by atoms with Crippen molar-refractivity contribution < 1.29 is 18.3 Å². The minimum absolute atomic E-state index is 0.243. The van der Waals surface area contributed by atoms with Gasteiger partial charge in [0.15, 0.2) is 0 Å². The summed E-state index contributed by atoms with van der Waals surface area (Å²) in [7, 11) is 0. The Labute approximate surface area is 125 Å². The maximum absolute atomic E-state index is 13.9. The van der Waals surface area contributed by atoms with Crippen molar-refractivity contribution in [2.24, 2.45) is 0 Å². The number of halogens is 2. The van der Waals surface area contributed by atoms with Crippen molar-refractivity contribution in [3.8, 4) is 5.75 Å². The third-order valence-corrected chi connectivity index (χ3v) is 2.80. The molecule has 2 rings (SSSR count). The van der Waals surface area contributed by atoms with E-state index in [0.29, 0.717) is 12.4 Å². The van der Waals surface area contributed by atoms with Crippen LogP contribution in [0.2, 0.25) is 0 Å². The maximum Gasteiger partial charge on any atom is 0.325 e. The highest BCUT2D eigenvalue weighted by Crippen LogP contribution is 2.23. The molecule has 0 aliphatic rings. The number of aromatic nitrogens is 3. The number of amides is 1. The van der Waals surface area contributed by atoms with Crippen molar-refractivity contribution in [3.63, 3.8) is 0 Å². The number of carbonyl (C=O) groups excluding carboxylic acids is 1. The van der Waals surface area contributed by atoms with Gasteiger partial charge in [-0.05, 0) is 32.0 Å². The van der Waals surface area contributed by atoms with E-state index < -0.39 is 24.2 Å². The Kier molecular flexibility index (Phi) is 4.69. The first-order chi connectivity index (χ1) is 10.4. The Morgan fingerprint density at radius 3 is 2.86 bits per heavy atom. The number of H-pyrrole nitrogens is 1. The van der Waals surface area contributed by atoms with Gasteiger partial charge in [-0.1, -0.05) is 6.07 Å². The van der Waals surface area contributed by atoms with E-state index in [2.05, 4.69) is 20.5 Å². The van der Waals surface area contributed by atoms with E-state index in [1.807, 2.05) is 6.92 Å². The van der Waals surface area contributed by atoms with Crippen LogP contribution in [-0.4, -0.2) is 34.2 Å². The molecule has 0 spiro atoms. The van der Waals surface area contributed by atoms with E-state index in [4.69, 9.17) is 4.74 Å². The van der Waals surface area contributed by atoms with Gasteiger partial charge >= 0.3 is 5.92 Å². The van der Waals surface area contributed by atoms with Crippen LogP contribution in [0.25, 0.3) is 0 Å². The third-order valence-electron chi connectivity index (χ3n) is 2.80. The van der Waals surface area contributed by atoms with Gasteiger partial charge in [0.2, 0.25) is 5.82 Å². The predicted molar refractivity (Wildman–Crippen MR) is 75.0 cm³/mol. The lowest BCUT2D eigenvalue weighted by molar-refractivity contribution is -0.0111. The Morgan fingerprint density at radius 2 is 2.23 bits per heavy atom. The summed E-state index contributed by atoms with van der Waals surface area (Å²) >= 11 is 0. The Morgan fingerprint density at radius 1 is 1.45 bits per heavy atom. The number of hydrogen-bond donors (Lipinski definition) is 2. The minimum atomic E-state index is -3.35. The molecule has 0 saturated carbocycles. The topological polar surface area (TPSA) is 79.9 Å². The maximum atomic E-state index is 13.9. The molecule has 0 bridgehead atoms. The lowest BCUT2D eigenvalue weighted by Crippen LogP contribution is -2.35. The van der Waals surface area contributed by atoms with Crippen molar-refractivity contribution in [3.05, 3.63) is 41.5 Å². The van der Waals surface area contributed by atoms with Gasteiger partial charge in [-0.15, -0.1) is 0 Å². The number of alkyl halides is 2. The number of nitrogens with one attached hydrogen (secondary N) is 2. The number of carbonyl (C=O) groups is 1. The number of rotatable bonds is 6. The summed E-state index contributed by atoms with van der Waals surface area (Å²) in [6.07, 6.45) is 0. The molecule has 0 aliphatic heterocycles. The second-order valence-electron chi connectivity index (χ2n) is 4.59. The van der Waals surface area contributed by atoms with E-state index in [1.165, 1.54) is 19.1 Å². The lowest BCUT2D eigenvalue weighted by atomic mass is 10.2. The van der Waals surface area contributed by atoms with Crippen molar-refractivity contribution in [1.29, 1.82) is 0 Å². The minimum Gasteiger partial charge on any atom is -0.494 e. The van der Waals surface area contributed by atoms with Gasteiger partial charge in [-0.2, -0.15) is 13.9 Å². The van der Waals surface area contributed by atoms with E-state index in [-0.39, 0.29) is 11.4 Å². The molecule has 8 heteroatoms. The van der Waals surface area contributed by atoms with E-state index >= 15 is 0 Å². The van der Waals surface area contributed by atoms with Crippen LogP contribution in [0.15, 0.2) is 24.3 Å². The fourth-order valence-electron chi connectivity index (χ4n) is 1.77. The van der Waals surface area contributed by atoms with Crippen LogP contribution in [0.1, 0.15) is 28.9 Å². The monoisotopic (exact) mass is 310 g/mol. The molecule has 1 aromatic heterocycles. The van der Waals surface area contributed by atoms with Crippen molar-refractivity contribution in [1.82, 2.24) is 20.5 Å². The number of nitrogens with zero attached hydrogens (tertiary/aromatic N) is 2. The Bertz CT molecular complexity index is 658. The number of benzene rings is 1. The normalized spacial score (nSPS) is 11.3. The third kappa shape index (κ3) is 3.78. The summed E-state index contributed by atoms with van der Waals surface area (Å²) in [6, 6.07) is 6.32. The molecule has 1 heterocycles. The highest BCUT2D eigenvalue weighted by molar-refractivity contribution is 5.94. The van der Waals surface area contributed by atoms with E-state index in [0.717, 1.165) is 0 Å². The van der Waals surface area contributed by atoms with Crippen LogP contribution in [0.4, 0.5) is 8.78 Å². The van der Waals surface area contributed by atoms with Crippen LogP contribution in [0.5, 0.6) is 5.75 Å². The molecule has 0 radical (unpaired) electrons. The van der Waals surface area contributed by atoms with E-state index in [9.17, 15) is 13.6 Å². The van der Waals surface area contributed by atoms with Gasteiger partial charge in [0.05, 0.1) is 13.2 Å². The smallest absolute Gasteiger partial charge is 0.325 e. The molecule has 6 nitrogen and oxygen atoms in total. The number of aromatic amines is 1.